The number of nitrogens with two attached hydrogens (primary N) is 1. The van der Waals surface area contributed by atoms with Crippen molar-refractivity contribution < 1.29 is 4.39 Å². The highest BCUT2D eigenvalue weighted by atomic mass is 19.1. The third kappa shape index (κ3) is 2.50. The highest BCUT2D eigenvalue weighted by Crippen LogP contribution is 2.12. The molecule has 1 aromatic carbocycles. The SMILES string of the molecule is Cc1ccc(=O)n(Cc2ccc(N)cc2F)n1. The lowest BCUT2D eigenvalue weighted by atomic mass is 10.2. The Morgan fingerprint density at radius 3 is 2.82 bits per heavy atom. The third-order valence-electron chi connectivity index (χ3n) is 2.40. The van der Waals surface area contributed by atoms with E-state index in [1.165, 1.54) is 16.8 Å². The van der Waals surface area contributed by atoms with Crippen molar-refractivity contribution >= 4 is 5.69 Å². The summed E-state index contributed by atoms with van der Waals surface area (Å²) >= 11 is 0. The van der Waals surface area contributed by atoms with Crippen LogP contribution in [-0.4, -0.2) is 9.78 Å². The number of nitrogens with zero attached hydrogens (tertiary/aromatic N) is 2. The van der Waals surface area contributed by atoms with Crippen LogP contribution in [0.2, 0.25) is 0 Å². The Morgan fingerprint density at radius 1 is 1.35 bits per heavy atom. The standard InChI is InChI=1S/C12H12FN3O/c1-8-2-5-12(17)16(15-8)7-9-3-4-10(14)6-11(9)13/h2-6H,7,14H2,1H3. The molecule has 0 fully saturated rings. The number of nitrogen functional groups attached to an aromatic ring is 1. The number of aryl methyl sites for hydroxylation is 1. The molecule has 1 heterocycles. The minimum absolute atomic E-state index is 0.104. The number of hydrogen-bond donors (Lipinski definition) is 1. The second-order valence-corrected chi connectivity index (χ2v) is 3.82. The van der Waals surface area contributed by atoms with Crippen LogP contribution in [0, 0.1) is 12.7 Å². The summed E-state index contributed by atoms with van der Waals surface area (Å²) < 4.78 is 14.8. The van der Waals surface area contributed by atoms with Gasteiger partial charge >= 0.3 is 0 Å². The van der Waals surface area contributed by atoms with Gasteiger partial charge in [-0.05, 0) is 25.1 Å². The number of benzene rings is 1. The van der Waals surface area contributed by atoms with Gasteiger partial charge in [-0.2, -0.15) is 5.10 Å². The first kappa shape index (κ1) is 11.3. The summed E-state index contributed by atoms with van der Waals surface area (Å²) in [6.07, 6.45) is 0. The fraction of sp³-hybridized carbons (Fsp3) is 0.167. The zero-order valence-electron chi connectivity index (χ0n) is 9.35. The first-order valence-corrected chi connectivity index (χ1v) is 5.15. The van der Waals surface area contributed by atoms with Crippen molar-refractivity contribution in [2.45, 2.75) is 13.5 Å². The van der Waals surface area contributed by atoms with Gasteiger partial charge in [-0.1, -0.05) is 6.07 Å². The third-order valence-corrected chi connectivity index (χ3v) is 2.40. The molecular weight excluding hydrogens is 221 g/mol. The second kappa shape index (κ2) is 4.37. The van der Waals surface area contributed by atoms with E-state index in [0.29, 0.717) is 16.9 Å². The molecule has 0 aliphatic carbocycles. The average Bonchev–Trinajstić information content (AvgIpc) is 2.27. The van der Waals surface area contributed by atoms with Crippen molar-refractivity contribution in [1.29, 1.82) is 0 Å². The number of halogens is 1. The van der Waals surface area contributed by atoms with E-state index in [1.807, 2.05) is 0 Å². The minimum atomic E-state index is -0.430. The van der Waals surface area contributed by atoms with Gasteiger partial charge in [0.25, 0.3) is 5.56 Å². The molecule has 0 saturated carbocycles. The van der Waals surface area contributed by atoms with Gasteiger partial charge < -0.3 is 5.73 Å². The summed E-state index contributed by atoms with van der Waals surface area (Å²) in [5.74, 6) is -0.430. The Bertz CT molecular complexity index is 607. The number of rotatable bonds is 2. The molecule has 4 nitrogen and oxygen atoms in total. The number of aromatic nitrogens is 2. The zero-order valence-corrected chi connectivity index (χ0v) is 9.35. The van der Waals surface area contributed by atoms with Gasteiger partial charge in [0, 0.05) is 17.3 Å². The maximum atomic E-state index is 13.5. The molecular formula is C12H12FN3O. The number of hydrogen-bond acceptors (Lipinski definition) is 3. The van der Waals surface area contributed by atoms with Gasteiger partial charge in [0.05, 0.1) is 12.2 Å². The van der Waals surface area contributed by atoms with E-state index in [4.69, 9.17) is 5.73 Å². The summed E-state index contributed by atoms with van der Waals surface area (Å²) in [7, 11) is 0. The van der Waals surface area contributed by atoms with E-state index in [0.717, 1.165) is 0 Å². The molecule has 0 aliphatic heterocycles. The monoisotopic (exact) mass is 233 g/mol. The van der Waals surface area contributed by atoms with Crippen molar-refractivity contribution in [2.24, 2.45) is 0 Å². The van der Waals surface area contributed by atoms with Crippen LogP contribution < -0.4 is 11.3 Å². The molecule has 0 bridgehead atoms. The van der Waals surface area contributed by atoms with Gasteiger partial charge in [0.15, 0.2) is 0 Å². The van der Waals surface area contributed by atoms with Gasteiger partial charge in [0.2, 0.25) is 0 Å². The molecule has 2 N–H and O–H groups in total. The molecule has 0 atom stereocenters. The lowest BCUT2D eigenvalue weighted by molar-refractivity contribution is 0.569. The first-order chi connectivity index (χ1) is 8.06. The highest BCUT2D eigenvalue weighted by molar-refractivity contribution is 5.40. The molecule has 0 amide bonds. The molecule has 0 aliphatic rings. The predicted molar refractivity (Wildman–Crippen MR) is 63.1 cm³/mol. The van der Waals surface area contributed by atoms with E-state index in [-0.39, 0.29) is 12.1 Å². The molecule has 17 heavy (non-hydrogen) atoms. The van der Waals surface area contributed by atoms with Crippen LogP contribution in [0.3, 0.4) is 0 Å². The van der Waals surface area contributed by atoms with Crippen LogP contribution in [0.4, 0.5) is 10.1 Å². The van der Waals surface area contributed by atoms with Gasteiger partial charge in [0.1, 0.15) is 5.82 Å². The van der Waals surface area contributed by atoms with Crippen LogP contribution in [0.1, 0.15) is 11.3 Å². The Labute approximate surface area is 97.5 Å². The Morgan fingerprint density at radius 2 is 2.12 bits per heavy atom. The van der Waals surface area contributed by atoms with Crippen molar-refractivity contribution in [1.82, 2.24) is 9.78 Å². The fourth-order valence-corrected chi connectivity index (χ4v) is 1.52. The Kier molecular flexibility index (Phi) is 2.91. The largest absolute Gasteiger partial charge is 0.399 e. The fourth-order valence-electron chi connectivity index (χ4n) is 1.52. The van der Waals surface area contributed by atoms with Crippen molar-refractivity contribution in [3.63, 3.8) is 0 Å². The van der Waals surface area contributed by atoms with Crippen LogP contribution in [0.5, 0.6) is 0 Å². The number of anilines is 1. The van der Waals surface area contributed by atoms with E-state index < -0.39 is 5.82 Å². The predicted octanol–water partition coefficient (Wildman–Crippen LogP) is 1.32. The van der Waals surface area contributed by atoms with Gasteiger partial charge in [-0.25, -0.2) is 9.07 Å². The van der Waals surface area contributed by atoms with Crippen LogP contribution in [0.15, 0.2) is 35.1 Å². The van der Waals surface area contributed by atoms with Crippen LogP contribution in [0.25, 0.3) is 0 Å². The smallest absolute Gasteiger partial charge is 0.267 e. The summed E-state index contributed by atoms with van der Waals surface area (Å²) in [6, 6.07) is 7.42. The summed E-state index contributed by atoms with van der Waals surface area (Å²) in [6.45, 7) is 1.88. The maximum Gasteiger partial charge on any atom is 0.267 e. The molecule has 1 aromatic heterocycles. The quantitative estimate of drug-likeness (QED) is 0.796. The lowest BCUT2D eigenvalue weighted by Gasteiger charge is -2.06. The first-order valence-electron chi connectivity index (χ1n) is 5.15. The molecule has 2 rings (SSSR count). The normalized spacial score (nSPS) is 10.5. The topological polar surface area (TPSA) is 60.9 Å². The highest BCUT2D eigenvalue weighted by Gasteiger charge is 2.05. The minimum Gasteiger partial charge on any atom is -0.399 e. The summed E-state index contributed by atoms with van der Waals surface area (Å²) in [5.41, 5.74) is 6.65. The van der Waals surface area contributed by atoms with E-state index >= 15 is 0 Å². The van der Waals surface area contributed by atoms with E-state index in [1.54, 1.807) is 25.1 Å². The Hall–Kier alpha value is -2.17. The van der Waals surface area contributed by atoms with E-state index in [2.05, 4.69) is 5.10 Å². The molecule has 0 spiro atoms. The summed E-state index contributed by atoms with van der Waals surface area (Å²) in [4.78, 5) is 11.5. The summed E-state index contributed by atoms with van der Waals surface area (Å²) in [5, 5.41) is 4.04. The van der Waals surface area contributed by atoms with Gasteiger partial charge in [-0.3, -0.25) is 4.79 Å². The van der Waals surface area contributed by atoms with E-state index in [9.17, 15) is 9.18 Å². The van der Waals surface area contributed by atoms with Crippen molar-refractivity contribution in [3.8, 4) is 0 Å². The zero-order chi connectivity index (χ0) is 12.4. The molecule has 5 heteroatoms. The molecule has 2 aromatic rings. The Balaban J connectivity index is 2.38. The maximum absolute atomic E-state index is 13.5. The van der Waals surface area contributed by atoms with Crippen LogP contribution in [-0.2, 0) is 6.54 Å². The molecule has 0 radical (unpaired) electrons. The second-order valence-electron chi connectivity index (χ2n) is 3.82. The lowest BCUT2D eigenvalue weighted by Crippen LogP contribution is -2.23. The van der Waals surface area contributed by atoms with Gasteiger partial charge in [-0.15, -0.1) is 0 Å². The van der Waals surface area contributed by atoms with Crippen molar-refractivity contribution in [2.75, 3.05) is 5.73 Å². The van der Waals surface area contributed by atoms with Crippen molar-refractivity contribution in [3.05, 3.63) is 57.8 Å². The molecule has 0 unspecified atom stereocenters. The average molecular weight is 233 g/mol. The molecule has 0 saturated heterocycles. The molecule has 88 valence electrons. The van der Waals surface area contributed by atoms with Crippen LogP contribution >= 0.6 is 0 Å².